The van der Waals surface area contributed by atoms with E-state index in [-0.39, 0.29) is 11.6 Å². The van der Waals surface area contributed by atoms with Gasteiger partial charge in [-0.05, 0) is 35.4 Å². The highest BCUT2D eigenvalue weighted by Gasteiger charge is 2.33. The Balaban J connectivity index is 1.54. The first-order valence-corrected chi connectivity index (χ1v) is 11.0. The molecule has 1 aliphatic heterocycles. The molecule has 35 heavy (non-hydrogen) atoms. The van der Waals surface area contributed by atoms with E-state index >= 15 is 0 Å². The zero-order chi connectivity index (χ0) is 24.8. The zero-order valence-electron chi connectivity index (χ0n) is 19.8. The Hall–Kier alpha value is -4.33. The Morgan fingerprint density at radius 2 is 1.57 bits per heavy atom. The normalized spacial score (nSPS) is 14.8. The standard InChI is InChI=1S/C27H26N2O6/c1-32-20-11-9-19(10-12-20)24-16-23(18-7-5-4-6-8-18)28-29(24)26(30)17-35-27(31)22-14-13-21(33-2)15-25(22)34-3/h4-15,24H,16-17H2,1-3H3. The van der Waals surface area contributed by atoms with Crippen LogP contribution >= 0.6 is 0 Å². The number of methoxy groups -OCH3 is 3. The Morgan fingerprint density at radius 1 is 0.886 bits per heavy atom. The Labute approximate surface area is 203 Å². The highest BCUT2D eigenvalue weighted by atomic mass is 16.5. The summed E-state index contributed by atoms with van der Waals surface area (Å²) >= 11 is 0. The number of esters is 1. The molecule has 1 aliphatic rings. The lowest BCUT2D eigenvalue weighted by Gasteiger charge is -2.22. The van der Waals surface area contributed by atoms with Crippen molar-refractivity contribution >= 4 is 17.6 Å². The molecule has 0 fully saturated rings. The third-order valence-corrected chi connectivity index (χ3v) is 5.73. The topological polar surface area (TPSA) is 86.7 Å². The SMILES string of the molecule is COc1ccc(C2CC(c3ccccc3)=NN2C(=O)COC(=O)c2ccc(OC)cc2OC)cc1. The molecule has 0 saturated carbocycles. The smallest absolute Gasteiger partial charge is 0.342 e. The molecule has 0 saturated heterocycles. The van der Waals surface area contributed by atoms with Gasteiger partial charge < -0.3 is 18.9 Å². The van der Waals surface area contributed by atoms with Gasteiger partial charge in [-0.1, -0.05) is 42.5 Å². The number of ether oxygens (including phenoxy) is 4. The molecule has 0 spiro atoms. The minimum Gasteiger partial charge on any atom is -0.497 e. The monoisotopic (exact) mass is 474 g/mol. The third kappa shape index (κ3) is 5.27. The first-order chi connectivity index (χ1) is 17.0. The van der Waals surface area contributed by atoms with Crippen LogP contribution in [0.2, 0.25) is 0 Å². The van der Waals surface area contributed by atoms with Crippen molar-refractivity contribution < 1.29 is 28.5 Å². The van der Waals surface area contributed by atoms with Gasteiger partial charge in [0.1, 0.15) is 22.8 Å². The summed E-state index contributed by atoms with van der Waals surface area (Å²) in [6, 6.07) is 21.6. The summed E-state index contributed by atoms with van der Waals surface area (Å²) < 4.78 is 21.0. The van der Waals surface area contributed by atoms with E-state index in [2.05, 4.69) is 5.10 Å². The van der Waals surface area contributed by atoms with Gasteiger partial charge in [0.25, 0.3) is 5.91 Å². The van der Waals surface area contributed by atoms with Crippen LogP contribution in [0.4, 0.5) is 0 Å². The van der Waals surface area contributed by atoms with Crippen molar-refractivity contribution in [3.8, 4) is 17.2 Å². The molecular weight excluding hydrogens is 448 g/mol. The first-order valence-electron chi connectivity index (χ1n) is 11.0. The second kappa shape index (κ2) is 10.7. The lowest BCUT2D eigenvalue weighted by atomic mass is 9.98. The number of nitrogens with zero attached hydrogens (tertiary/aromatic N) is 2. The number of hydrazone groups is 1. The van der Waals surface area contributed by atoms with Gasteiger partial charge in [0.2, 0.25) is 0 Å². The van der Waals surface area contributed by atoms with Gasteiger partial charge in [-0.25, -0.2) is 9.80 Å². The predicted octanol–water partition coefficient (Wildman–Crippen LogP) is 4.25. The number of hydrogen-bond donors (Lipinski definition) is 0. The number of carbonyl (C=O) groups is 2. The van der Waals surface area contributed by atoms with Gasteiger partial charge in [-0.3, -0.25) is 4.79 Å². The second-order valence-electron chi connectivity index (χ2n) is 7.79. The maximum Gasteiger partial charge on any atom is 0.342 e. The highest BCUT2D eigenvalue weighted by molar-refractivity contribution is 6.03. The van der Waals surface area contributed by atoms with Crippen LogP contribution in [0.5, 0.6) is 17.2 Å². The average molecular weight is 475 g/mol. The van der Waals surface area contributed by atoms with Crippen molar-refractivity contribution in [2.24, 2.45) is 5.10 Å². The van der Waals surface area contributed by atoms with Crippen molar-refractivity contribution in [3.05, 3.63) is 89.5 Å². The van der Waals surface area contributed by atoms with E-state index in [0.29, 0.717) is 17.9 Å². The molecular formula is C27H26N2O6. The number of carbonyl (C=O) groups excluding carboxylic acids is 2. The van der Waals surface area contributed by atoms with Gasteiger partial charge in [0.05, 0.1) is 33.1 Å². The summed E-state index contributed by atoms with van der Waals surface area (Å²) in [5.74, 6) is 0.444. The molecule has 3 aromatic rings. The maximum atomic E-state index is 13.2. The summed E-state index contributed by atoms with van der Waals surface area (Å²) in [6.07, 6.45) is 0.530. The molecule has 0 radical (unpaired) electrons. The van der Waals surface area contributed by atoms with Crippen LogP contribution in [0.1, 0.15) is 33.9 Å². The van der Waals surface area contributed by atoms with Crippen LogP contribution in [0.25, 0.3) is 0 Å². The Kier molecular flexibility index (Phi) is 7.30. The van der Waals surface area contributed by atoms with E-state index in [1.807, 2.05) is 54.6 Å². The molecule has 1 atom stereocenters. The molecule has 0 N–H and O–H groups in total. The quantitative estimate of drug-likeness (QED) is 0.454. The maximum absolute atomic E-state index is 13.2. The van der Waals surface area contributed by atoms with Gasteiger partial charge in [0.15, 0.2) is 6.61 Å². The minimum atomic E-state index is -0.676. The van der Waals surface area contributed by atoms with Gasteiger partial charge >= 0.3 is 5.97 Å². The van der Waals surface area contributed by atoms with Crippen molar-refractivity contribution in [2.45, 2.75) is 12.5 Å². The van der Waals surface area contributed by atoms with E-state index < -0.39 is 18.5 Å². The Bertz CT molecular complexity index is 1220. The van der Waals surface area contributed by atoms with E-state index in [9.17, 15) is 9.59 Å². The van der Waals surface area contributed by atoms with Gasteiger partial charge in [-0.2, -0.15) is 5.10 Å². The molecule has 0 aliphatic carbocycles. The fraction of sp³-hybridized carbons (Fsp3) is 0.222. The fourth-order valence-electron chi connectivity index (χ4n) is 3.87. The van der Waals surface area contributed by atoms with Crippen molar-refractivity contribution in [1.29, 1.82) is 0 Å². The van der Waals surface area contributed by atoms with Crippen LogP contribution in [-0.4, -0.2) is 50.5 Å². The van der Waals surface area contributed by atoms with Crippen LogP contribution < -0.4 is 14.2 Å². The number of benzene rings is 3. The molecule has 8 heteroatoms. The van der Waals surface area contributed by atoms with Gasteiger partial charge in [0, 0.05) is 12.5 Å². The second-order valence-corrected chi connectivity index (χ2v) is 7.79. The average Bonchev–Trinajstić information content (AvgIpc) is 3.37. The largest absolute Gasteiger partial charge is 0.497 e. The lowest BCUT2D eigenvalue weighted by Crippen LogP contribution is -2.31. The van der Waals surface area contributed by atoms with E-state index in [0.717, 1.165) is 22.6 Å². The van der Waals surface area contributed by atoms with Crippen molar-refractivity contribution in [3.63, 3.8) is 0 Å². The summed E-state index contributed by atoms with van der Waals surface area (Å²) in [4.78, 5) is 25.9. The van der Waals surface area contributed by atoms with E-state index in [4.69, 9.17) is 18.9 Å². The minimum absolute atomic E-state index is 0.197. The fourth-order valence-corrected chi connectivity index (χ4v) is 3.87. The van der Waals surface area contributed by atoms with E-state index in [1.165, 1.54) is 25.3 Å². The molecule has 180 valence electrons. The molecule has 0 aromatic heterocycles. The van der Waals surface area contributed by atoms with Crippen LogP contribution in [0.15, 0.2) is 77.9 Å². The molecule has 1 unspecified atom stereocenters. The summed E-state index contributed by atoms with van der Waals surface area (Å²) in [5.41, 5.74) is 2.81. The number of hydrogen-bond acceptors (Lipinski definition) is 7. The summed E-state index contributed by atoms with van der Waals surface area (Å²) in [6.45, 7) is -0.466. The third-order valence-electron chi connectivity index (χ3n) is 5.73. The molecule has 8 nitrogen and oxygen atoms in total. The highest BCUT2D eigenvalue weighted by Crippen LogP contribution is 2.34. The first kappa shape index (κ1) is 23.8. The van der Waals surface area contributed by atoms with Crippen LogP contribution in [0, 0.1) is 0 Å². The number of amides is 1. The molecule has 1 amide bonds. The van der Waals surface area contributed by atoms with Gasteiger partial charge in [-0.15, -0.1) is 0 Å². The molecule has 3 aromatic carbocycles. The van der Waals surface area contributed by atoms with Crippen LogP contribution in [0.3, 0.4) is 0 Å². The Morgan fingerprint density at radius 3 is 2.23 bits per heavy atom. The molecule has 1 heterocycles. The van der Waals surface area contributed by atoms with Crippen molar-refractivity contribution in [2.75, 3.05) is 27.9 Å². The van der Waals surface area contributed by atoms with Crippen molar-refractivity contribution in [1.82, 2.24) is 5.01 Å². The lowest BCUT2D eigenvalue weighted by molar-refractivity contribution is -0.136. The summed E-state index contributed by atoms with van der Waals surface area (Å²) in [5, 5.41) is 5.99. The predicted molar refractivity (Wildman–Crippen MR) is 130 cm³/mol. The zero-order valence-corrected chi connectivity index (χ0v) is 19.8. The number of rotatable bonds is 8. The molecule has 4 rings (SSSR count). The van der Waals surface area contributed by atoms with Crippen LogP contribution in [-0.2, 0) is 9.53 Å². The summed E-state index contributed by atoms with van der Waals surface area (Å²) in [7, 11) is 4.56. The molecule has 0 bridgehead atoms. The van der Waals surface area contributed by atoms with E-state index in [1.54, 1.807) is 19.2 Å².